The number of carbonyl (C=O) groups excluding carboxylic acids is 3. The number of oxazole rings is 1. The molecule has 5 aliphatic rings. The average Bonchev–Trinajstić information content (AvgIpc) is 1.72. The number of thiophene rings is 1. The molecule has 684 valence electrons. The Bertz CT molecular complexity index is 5200. The first kappa shape index (κ1) is 115. The van der Waals surface area contributed by atoms with Crippen LogP contribution in [0.1, 0.15) is 252 Å². The lowest BCUT2D eigenvalue weighted by atomic mass is 10.00. The van der Waals surface area contributed by atoms with Crippen LogP contribution < -0.4 is 10.6 Å². The van der Waals surface area contributed by atoms with Crippen molar-refractivity contribution in [2.24, 2.45) is 7.05 Å². The molecule has 15 nitrogen and oxygen atoms in total. The first-order valence-corrected chi connectivity index (χ1v) is 47.4. The SMILES string of the molecule is CC.CC.CC.CC.CC.CC.CC.CC.CC.CC.CC.CC1=Cc2ccccc2C1.CN1CCc2ccccc2C1=O.CN1Cc2ccccc2C1=O.CN1c2ccccc2C[N+]1=O.Cc1cc2ccccc2o1.Cc1cc2ccccc2s1.Cc1nc2ccccc2o1.Cc1nc2ccccc2s1.Cn1oc2ccccc2c1=O.O=C1CCc2ccccc21. The molecular formula is C110H150N7O8S2+. The number of carbonyl (C=O) groups is 3. The summed E-state index contributed by atoms with van der Waals surface area (Å²) in [4.78, 5) is 70.5. The summed E-state index contributed by atoms with van der Waals surface area (Å²) in [5.41, 5.74) is 17.1. The van der Waals surface area contributed by atoms with Gasteiger partial charge in [-0.25, -0.2) is 9.97 Å². The number of anilines is 1. The van der Waals surface area contributed by atoms with Crippen molar-refractivity contribution in [3.8, 4) is 0 Å². The van der Waals surface area contributed by atoms with E-state index < -0.39 is 0 Å². The van der Waals surface area contributed by atoms with Gasteiger partial charge in [0.1, 0.15) is 27.4 Å². The standard InChI is InChI=1S/C10H11NO.C10H10.C9H9NO.2C9H8O.C9H8S.C8H9N2O.C8H7NO2.C8H7NO.C8H7NS.11C2H6/c1-11-7-6-8-4-2-3-5-9(8)10(11)12;1-8-6-9-4-2-3-5-10(9)7-8;1-10-6-7-4-2-3-5-8(7)9(10)11;1-7-6-8-4-2-3-5-9(8)10-7;10-9-6-5-7-3-1-2-4-8(7)9;1-7-6-8-4-2-3-5-9(8)10-7;1-9-8-5-3-2-4-7(8)6-10(9)11;1-9-8(10)6-4-2-3-5-7(6)11-9;2*1-6-9-7-4-2-3-5-8(7)10-6;11*1-2/h2-5H,6-7H2,1H3;2-6H,7H2,1H3;2-5H,6H2,1H3;2-6H,1H3;1-4H,5-6H2;2-6H,1H3;2-5H,6H2,1H3;2-5H,1H3;2*2-5H,1H3;11*1-2H3/q;;;;;;+1;;;;;;;;;;;;;;. The van der Waals surface area contributed by atoms with Crippen LogP contribution in [0.15, 0.2) is 279 Å². The van der Waals surface area contributed by atoms with Gasteiger partial charge >= 0.3 is 0 Å². The van der Waals surface area contributed by atoms with Gasteiger partial charge in [-0.15, -0.1) is 27.7 Å². The van der Waals surface area contributed by atoms with Gasteiger partial charge in [0.15, 0.2) is 22.8 Å². The second-order valence-corrected chi connectivity index (χ2v) is 28.2. The second kappa shape index (κ2) is 67.4. The number of likely N-dealkylation sites (N-methyl/N-ethyl adjacent to an activating group) is 1. The molecule has 0 bridgehead atoms. The Morgan fingerprint density at radius 2 is 0.843 bits per heavy atom. The Labute approximate surface area is 770 Å². The van der Waals surface area contributed by atoms with Gasteiger partial charge in [0.25, 0.3) is 23.9 Å². The van der Waals surface area contributed by atoms with E-state index >= 15 is 0 Å². The molecular weight excluding hydrogens is 1610 g/mol. The summed E-state index contributed by atoms with van der Waals surface area (Å²) in [6.07, 6.45) is 6.04. The monoisotopic (exact) mass is 1760 g/mol. The number of hydrazine groups is 1. The number of nitrogens with zero attached hydrogens (tertiary/aromatic N) is 7. The number of para-hydroxylation sites is 6. The number of hydrogen-bond acceptors (Lipinski definition) is 12. The van der Waals surface area contributed by atoms with E-state index in [0.717, 1.165) is 110 Å². The fourth-order valence-electron chi connectivity index (χ4n) is 12.4. The summed E-state index contributed by atoms with van der Waals surface area (Å²) in [6, 6.07) is 83.6. The Morgan fingerprint density at radius 3 is 1.39 bits per heavy atom. The van der Waals surface area contributed by atoms with E-state index in [-0.39, 0.29) is 17.4 Å². The largest absolute Gasteiger partial charge is 0.461 e. The minimum atomic E-state index is -0.0828. The molecule has 0 fully saturated rings. The quantitative estimate of drug-likeness (QED) is 0.133. The molecule has 0 atom stereocenters. The van der Waals surface area contributed by atoms with Gasteiger partial charge in [-0.3, -0.25) is 19.2 Å². The van der Waals surface area contributed by atoms with Crippen LogP contribution in [0, 0.1) is 32.6 Å². The Hall–Kier alpha value is -11.9. The maximum Gasteiger partial charge on any atom is 0.290 e. The highest BCUT2D eigenvalue weighted by atomic mass is 32.1. The van der Waals surface area contributed by atoms with Crippen molar-refractivity contribution in [2.45, 2.75) is 226 Å². The molecule has 0 radical (unpaired) electrons. The van der Waals surface area contributed by atoms with Gasteiger partial charge in [0.05, 0.1) is 38.1 Å². The third-order valence-corrected chi connectivity index (χ3v) is 19.7. The molecule has 0 spiro atoms. The Morgan fingerprint density at radius 1 is 0.386 bits per heavy atom. The van der Waals surface area contributed by atoms with Gasteiger partial charge in [0, 0.05) is 79.2 Å². The molecule has 127 heavy (non-hydrogen) atoms. The lowest BCUT2D eigenvalue weighted by molar-refractivity contribution is -0.564. The highest BCUT2D eigenvalue weighted by Gasteiger charge is 2.30. The zero-order chi connectivity index (χ0) is 95.9. The third-order valence-electron chi connectivity index (χ3n) is 17.7. The number of allylic oxidation sites excluding steroid dienone is 1. The zero-order valence-electron chi connectivity index (χ0n) is 82.5. The molecule has 0 saturated carbocycles. The molecule has 2 amide bonds. The van der Waals surface area contributed by atoms with Gasteiger partial charge < -0.3 is 23.2 Å². The second-order valence-electron chi connectivity index (χ2n) is 25.6. The number of hydrogen-bond donors (Lipinski definition) is 0. The van der Waals surface area contributed by atoms with Crippen molar-refractivity contribution in [2.75, 3.05) is 32.7 Å². The number of ketones is 1. The highest BCUT2D eigenvalue weighted by Crippen LogP contribution is 2.29. The molecule has 15 aromatic rings. The number of benzene rings is 10. The van der Waals surface area contributed by atoms with Crippen LogP contribution in [0.25, 0.3) is 59.4 Å². The highest BCUT2D eigenvalue weighted by molar-refractivity contribution is 7.19. The topological polar surface area (TPSA) is 168 Å². The Kier molecular flexibility index (Phi) is 61.1. The molecule has 0 N–H and O–H groups in total. The van der Waals surface area contributed by atoms with Crippen molar-refractivity contribution in [3.63, 3.8) is 0 Å². The van der Waals surface area contributed by atoms with Crippen LogP contribution >= 0.6 is 22.7 Å². The average molecular weight is 1760 g/mol. The van der Waals surface area contributed by atoms with Crippen LogP contribution in [0.2, 0.25) is 0 Å². The van der Waals surface area contributed by atoms with E-state index in [4.69, 9.17) is 13.4 Å². The van der Waals surface area contributed by atoms with Crippen molar-refractivity contribution < 1.29 is 32.6 Å². The van der Waals surface area contributed by atoms with Crippen LogP contribution in [0.3, 0.4) is 0 Å². The number of nitroso groups, excluding NO2 is 1. The molecule has 5 aromatic heterocycles. The smallest absolute Gasteiger partial charge is 0.290 e. The normalized spacial score (nSPS) is 11.3. The lowest BCUT2D eigenvalue weighted by Crippen LogP contribution is -2.33. The number of rotatable bonds is 0. The fraction of sp³-hybridized carbons (Fsp3) is 0.345. The van der Waals surface area contributed by atoms with Crippen molar-refractivity contribution >= 4 is 105 Å². The summed E-state index contributed by atoms with van der Waals surface area (Å²) in [5, 5.41) is 5.94. The minimum Gasteiger partial charge on any atom is -0.461 e. The number of furan rings is 1. The lowest BCUT2D eigenvalue weighted by Gasteiger charge is -2.24. The van der Waals surface area contributed by atoms with E-state index in [9.17, 15) is 24.1 Å². The molecule has 10 aromatic carbocycles. The van der Waals surface area contributed by atoms with Gasteiger partial charge in [0.2, 0.25) is 0 Å². The predicted molar refractivity (Wildman–Crippen MR) is 551 cm³/mol. The summed E-state index contributed by atoms with van der Waals surface area (Å²) in [6.45, 7) is 56.2. The fourth-order valence-corrected chi connectivity index (χ4v) is 14.2. The maximum absolute atomic E-state index is 11.5. The zero-order valence-corrected chi connectivity index (χ0v) is 84.1. The number of aryl methyl sites for hydroxylation is 6. The van der Waals surface area contributed by atoms with E-state index in [1.807, 2.05) is 381 Å². The van der Waals surface area contributed by atoms with Crippen LogP contribution in [0.5, 0.6) is 0 Å². The van der Waals surface area contributed by atoms with E-state index in [0.29, 0.717) is 29.7 Å². The first-order valence-electron chi connectivity index (χ1n) is 45.7. The van der Waals surface area contributed by atoms with E-state index in [2.05, 4.69) is 90.6 Å². The van der Waals surface area contributed by atoms with Crippen molar-refractivity contribution in [3.05, 3.63) is 347 Å². The summed E-state index contributed by atoms with van der Waals surface area (Å²) >= 11 is 3.59. The predicted octanol–water partition coefficient (Wildman–Crippen LogP) is 31.5. The third kappa shape index (κ3) is 37.3. The molecule has 8 heterocycles. The van der Waals surface area contributed by atoms with Crippen molar-refractivity contribution in [1.82, 2.24) is 24.5 Å². The van der Waals surface area contributed by atoms with Gasteiger partial charge in [-0.05, 0) is 159 Å². The summed E-state index contributed by atoms with van der Waals surface area (Å²) in [7, 11) is 7.04. The molecule has 17 heteroatoms. The molecule has 3 aliphatic heterocycles. The maximum atomic E-state index is 11.5. The van der Waals surface area contributed by atoms with Gasteiger partial charge in [-0.2, -0.15) is 4.74 Å². The number of aromatic nitrogens is 3. The molecule has 0 unspecified atom stereocenters. The number of amides is 2. The number of fused-ring (bicyclic) bond motifs is 10. The Balaban J connectivity index is 0.00000136. The van der Waals surface area contributed by atoms with Crippen LogP contribution in [-0.2, 0) is 39.4 Å². The van der Waals surface area contributed by atoms with Crippen LogP contribution in [0.4, 0.5) is 5.69 Å². The van der Waals surface area contributed by atoms with E-state index in [1.54, 1.807) is 52.4 Å². The first-order chi connectivity index (χ1) is 61.8. The summed E-state index contributed by atoms with van der Waals surface area (Å²) in [5.74, 6) is 2.29. The minimum absolute atomic E-state index is 0.0828. The van der Waals surface area contributed by atoms with E-state index in [1.165, 1.54) is 57.6 Å². The molecule has 20 rings (SSSR count). The molecule has 0 saturated heterocycles. The van der Waals surface area contributed by atoms with Crippen molar-refractivity contribution in [1.29, 1.82) is 0 Å². The van der Waals surface area contributed by atoms with Crippen LogP contribution in [-0.4, -0.2) is 74.7 Å². The number of thiazole rings is 1. The number of Topliss-reactive ketones (excluding diaryl/α,β-unsaturated/α-hetero) is 1. The molecule has 2 aliphatic carbocycles. The van der Waals surface area contributed by atoms with Gasteiger partial charge in [-0.1, -0.05) is 340 Å². The summed E-state index contributed by atoms with van der Waals surface area (Å²) < 4.78 is 19.6.